The Bertz CT molecular complexity index is 256. The first-order valence-electron chi connectivity index (χ1n) is 7.80. The van der Waals surface area contributed by atoms with E-state index >= 15 is 0 Å². The highest BCUT2D eigenvalue weighted by Gasteiger charge is 2.29. The fourth-order valence-corrected chi connectivity index (χ4v) is 3.05. The average Bonchev–Trinajstić information content (AvgIpc) is 2.36. The molecule has 0 aliphatic heterocycles. The van der Waals surface area contributed by atoms with Crippen LogP contribution >= 0.6 is 0 Å². The molecular formula is C15H28F3NO. The first kappa shape index (κ1) is 17.8. The van der Waals surface area contributed by atoms with Crippen LogP contribution in [-0.2, 0) is 4.74 Å². The Balaban J connectivity index is 2.23. The van der Waals surface area contributed by atoms with Crippen molar-refractivity contribution in [2.45, 2.75) is 64.6 Å². The van der Waals surface area contributed by atoms with E-state index < -0.39 is 12.8 Å². The third kappa shape index (κ3) is 7.48. The summed E-state index contributed by atoms with van der Waals surface area (Å²) in [6.45, 7) is 4.54. The van der Waals surface area contributed by atoms with Gasteiger partial charge in [-0.2, -0.15) is 13.2 Å². The molecule has 3 atom stereocenters. The zero-order valence-corrected chi connectivity index (χ0v) is 12.6. The van der Waals surface area contributed by atoms with Crippen LogP contribution in [0.3, 0.4) is 0 Å². The number of hydrogen-bond acceptors (Lipinski definition) is 2. The molecule has 1 aliphatic rings. The van der Waals surface area contributed by atoms with Gasteiger partial charge in [-0.05, 0) is 56.9 Å². The van der Waals surface area contributed by atoms with E-state index in [1.807, 2.05) is 0 Å². The molecular weight excluding hydrogens is 267 g/mol. The van der Waals surface area contributed by atoms with Crippen molar-refractivity contribution in [3.63, 3.8) is 0 Å². The summed E-state index contributed by atoms with van der Waals surface area (Å²) < 4.78 is 40.6. The lowest BCUT2D eigenvalue weighted by Gasteiger charge is -2.35. The molecule has 0 aromatic carbocycles. The first-order valence-corrected chi connectivity index (χ1v) is 7.80. The van der Waals surface area contributed by atoms with Crippen LogP contribution < -0.4 is 5.32 Å². The van der Waals surface area contributed by atoms with Gasteiger partial charge in [-0.1, -0.05) is 13.8 Å². The molecule has 3 unspecified atom stereocenters. The predicted molar refractivity (Wildman–Crippen MR) is 74.7 cm³/mol. The summed E-state index contributed by atoms with van der Waals surface area (Å²) in [5.41, 5.74) is 0. The van der Waals surface area contributed by atoms with Gasteiger partial charge < -0.3 is 10.1 Å². The third-order valence-corrected chi connectivity index (χ3v) is 4.03. The van der Waals surface area contributed by atoms with Crippen molar-refractivity contribution in [2.75, 3.05) is 19.8 Å². The Morgan fingerprint density at radius 3 is 2.65 bits per heavy atom. The molecule has 1 aliphatic carbocycles. The summed E-state index contributed by atoms with van der Waals surface area (Å²) >= 11 is 0. The molecule has 0 saturated heterocycles. The Hall–Kier alpha value is -0.290. The van der Waals surface area contributed by atoms with Crippen molar-refractivity contribution in [2.24, 2.45) is 11.8 Å². The molecule has 120 valence electrons. The number of ether oxygens (including phenoxy) is 1. The summed E-state index contributed by atoms with van der Waals surface area (Å²) in [6.07, 6.45) is 2.22. The number of alkyl halides is 3. The Morgan fingerprint density at radius 2 is 2.00 bits per heavy atom. The zero-order valence-electron chi connectivity index (χ0n) is 12.6. The lowest BCUT2D eigenvalue weighted by molar-refractivity contribution is -0.174. The van der Waals surface area contributed by atoms with E-state index in [0.29, 0.717) is 12.0 Å². The summed E-state index contributed by atoms with van der Waals surface area (Å²) in [6, 6.07) is 0.536. The molecule has 0 amide bonds. The highest BCUT2D eigenvalue weighted by molar-refractivity contribution is 4.83. The van der Waals surface area contributed by atoms with Gasteiger partial charge in [0.05, 0.1) is 0 Å². The molecule has 5 heteroatoms. The fourth-order valence-electron chi connectivity index (χ4n) is 3.05. The Morgan fingerprint density at radius 1 is 1.25 bits per heavy atom. The van der Waals surface area contributed by atoms with Crippen LogP contribution in [0.15, 0.2) is 0 Å². The van der Waals surface area contributed by atoms with E-state index in [9.17, 15) is 13.2 Å². The van der Waals surface area contributed by atoms with E-state index in [0.717, 1.165) is 31.7 Å². The molecule has 0 spiro atoms. The normalized spacial score (nSPS) is 27.8. The Labute approximate surface area is 120 Å². The van der Waals surface area contributed by atoms with Crippen molar-refractivity contribution in [1.82, 2.24) is 5.32 Å². The van der Waals surface area contributed by atoms with Crippen molar-refractivity contribution in [3.05, 3.63) is 0 Å². The van der Waals surface area contributed by atoms with Gasteiger partial charge in [0.2, 0.25) is 0 Å². The van der Waals surface area contributed by atoms with Gasteiger partial charge in [-0.3, -0.25) is 0 Å². The minimum absolute atomic E-state index is 0.213. The molecule has 0 aromatic rings. The molecule has 20 heavy (non-hydrogen) atoms. The third-order valence-electron chi connectivity index (χ3n) is 4.03. The van der Waals surface area contributed by atoms with Gasteiger partial charge in [0, 0.05) is 12.6 Å². The number of halogens is 3. The molecule has 2 nitrogen and oxygen atoms in total. The zero-order chi connectivity index (χ0) is 15.0. The van der Waals surface area contributed by atoms with E-state index in [1.165, 1.54) is 19.3 Å². The SMILES string of the molecule is CCCNC1CCC(C)CC1CCCOCC(F)(F)F. The Kier molecular flexibility index (Phi) is 7.88. The van der Waals surface area contributed by atoms with Gasteiger partial charge >= 0.3 is 6.18 Å². The van der Waals surface area contributed by atoms with Crippen LogP contribution in [0.5, 0.6) is 0 Å². The second-order valence-corrected chi connectivity index (χ2v) is 6.05. The molecule has 0 bridgehead atoms. The van der Waals surface area contributed by atoms with Crippen molar-refractivity contribution >= 4 is 0 Å². The van der Waals surface area contributed by atoms with E-state index in [2.05, 4.69) is 23.9 Å². The molecule has 1 N–H and O–H groups in total. The summed E-state index contributed by atoms with van der Waals surface area (Å²) in [5.74, 6) is 1.32. The predicted octanol–water partition coefficient (Wildman–Crippen LogP) is 4.15. The minimum Gasteiger partial charge on any atom is -0.372 e. The van der Waals surface area contributed by atoms with Gasteiger partial charge in [-0.25, -0.2) is 0 Å². The van der Waals surface area contributed by atoms with Gasteiger partial charge in [0.1, 0.15) is 6.61 Å². The highest BCUT2D eigenvalue weighted by atomic mass is 19.4. The topological polar surface area (TPSA) is 21.3 Å². The maximum absolute atomic E-state index is 12.0. The van der Waals surface area contributed by atoms with Crippen LogP contribution in [-0.4, -0.2) is 32.0 Å². The number of hydrogen-bond donors (Lipinski definition) is 1. The highest BCUT2D eigenvalue weighted by Crippen LogP contribution is 2.32. The van der Waals surface area contributed by atoms with Crippen molar-refractivity contribution in [1.29, 1.82) is 0 Å². The summed E-state index contributed by atoms with van der Waals surface area (Å²) in [4.78, 5) is 0. The van der Waals surface area contributed by atoms with Crippen molar-refractivity contribution < 1.29 is 17.9 Å². The first-order chi connectivity index (χ1) is 9.42. The smallest absolute Gasteiger partial charge is 0.372 e. The second-order valence-electron chi connectivity index (χ2n) is 6.05. The van der Waals surface area contributed by atoms with E-state index in [-0.39, 0.29) is 6.61 Å². The van der Waals surface area contributed by atoms with Gasteiger partial charge in [0.15, 0.2) is 0 Å². The summed E-state index contributed by atoms with van der Waals surface area (Å²) in [5, 5.41) is 3.59. The lowest BCUT2D eigenvalue weighted by atomic mass is 9.76. The molecule has 1 rings (SSSR count). The van der Waals surface area contributed by atoms with Crippen LogP contribution in [0.4, 0.5) is 13.2 Å². The van der Waals surface area contributed by atoms with E-state index in [4.69, 9.17) is 0 Å². The quantitative estimate of drug-likeness (QED) is 0.679. The van der Waals surface area contributed by atoms with Gasteiger partial charge in [-0.15, -0.1) is 0 Å². The van der Waals surface area contributed by atoms with E-state index in [1.54, 1.807) is 0 Å². The maximum atomic E-state index is 12.0. The average molecular weight is 295 g/mol. The van der Waals surface area contributed by atoms with Crippen LogP contribution in [0.25, 0.3) is 0 Å². The molecule has 0 heterocycles. The lowest BCUT2D eigenvalue weighted by Crippen LogP contribution is -2.40. The molecule has 0 radical (unpaired) electrons. The van der Waals surface area contributed by atoms with Gasteiger partial charge in [0.25, 0.3) is 0 Å². The van der Waals surface area contributed by atoms with Crippen LogP contribution in [0.2, 0.25) is 0 Å². The largest absolute Gasteiger partial charge is 0.411 e. The number of nitrogens with one attached hydrogen (secondary N) is 1. The number of rotatable bonds is 8. The molecule has 1 saturated carbocycles. The van der Waals surface area contributed by atoms with Crippen LogP contribution in [0, 0.1) is 11.8 Å². The second kappa shape index (κ2) is 8.88. The molecule has 0 aromatic heterocycles. The fraction of sp³-hybridized carbons (Fsp3) is 1.00. The van der Waals surface area contributed by atoms with Crippen molar-refractivity contribution in [3.8, 4) is 0 Å². The summed E-state index contributed by atoms with van der Waals surface area (Å²) in [7, 11) is 0. The standard InChI is InChI=1S/C15H28F3NO/c1-3-8-19-14-7-6-12(2)10-13(14)5-4-9-20-11-15(16,17)18/h12-14,19H,3-11H2,1-2H3. The van der Waals surface area contributed by atoms with Crippen LogP contribution in [0.1, 0.15) is 52.4 Å². The monoisotopic (exact) mass is 295 g/mol. The minimum atomic E-state index is -4.20. The maximum Gasteiger partial charge on any atom is 0.411 e. The molecule has 1 fully saturated rings.